The Labute approximate surface area is 146 Å². The van der Waals surface area contributed by atoms with E-state index in [1.165, 1.54) is 0 Å². The van der Waals surface area contributed by atoms with Crippen molar-refractivity contribution >= 4 is 15.4 Å². The van der Waals surface area contributed by atoms with Crippen molar-refractivity contribution in [1.29, 1.82) is 0 Å². The Morgan fingerprint density at radius 2 is 1.43 bits per heavy atom. The van der Waals surface area contributed by atoms with Crippen molar-refractivity contribution in [3.8, 4) is 0 Å². The fourth-order valence-electron chi connectivity index (χ4n) is 2.50. The van der Waals surface area contributed by atoms with Gasteiger partial charge in [0.2, 0.25) is 0 Å². The van der Waals surface area contributed by atoms with Crippen LogP contribution >= 0.6 is 0 Å². The summed E-state index contributed by atoms with van der Waals surface area (Å²) in [6, 6.07) is 0. The molecule has 23 heavy (non-hydrogen) atoms. The molecule has 0 amide bonds. The molecule has 0 bridgehead atoms. The molecule has 1 aliphatic heterocycles. The van der Waals surface area contributed by atoms with Crippen LogP contribution in [0.2, 0.25) is 23.9 Å². The van der Waals surface area contributed by atoms with Crippen LogP contribution in [0.1, 0.15) is 68.7 Å². The van der Waals surface area contributed by atoms with E-state index in [-0.39, 0.29) is 23.4 Å². The van der Waals surface area contributed by atoms with Crippen molar-refractivity contribution in [3.05, 3.63) is 0 Å². The molecule has 0 N–H and O–H groups in total. The molecule has 5 heteroatoms. The monoisotopic (exact) mass is 342 g/mol. The van der Waals surface area contributed by atoms with Crippen LogP contribution in [-0.4, -0.2) is 33.2 Å². The first-order valence-electron chi connectivity index (χ1n) is 9.09. The Balaban J connectivity index is 2.51. The SMILES string of the molecule is C[C@@H](CO[Si](C)(C)C(C)(C)C)C[C@@H](C)B1OC(C)(C)C(C)(C)O1. The molecule has 3 nitrogen and oxygen atoms in total. The van der Waals surface area contributed by atoms with Crippen LogP contribution in [0.5, 0.6) is 0 Å². The van der Waals surface area contributed by atoms with E-state index in [0.717, 1.165) is 13.0 Å². The minimum absolute atomic E-state index is 0.115. The third-order valence-corrected chi connectivity index (χ3v) is 10.5. The summed E-state index contributed by atoms with van der Waals surface area (Å²) in [6.07, 6.45) is 1.06. The van der Waals surface area contributed by atoms with Crippen LogP contribution in [0.25, 0.3) is 0 Å². The molecular formula is C18H39BO3Si. The molecule has 1 rings (SSSR count). The molecule has 0 saturated carbocycles. The quantitative estimate of drug-likeness (QED) is 0.595. The van der Waals surface area contributed by atoms with Crippen molar-refractivity contribution in [2.75, 3.05) is 6.61 Å². The van der Waals surface area contributed by atoms with E-state index >= 15 is 0 Å². The van der Waals surface area contributed by atoms with Gasteiger partial charge in [-0.1, -0.05) is 34.6 Å². The largest absolute Gasteiger partial charge is 0.460 e. The second kappa shape index (κ2) is 6.81. The molecule has 0 aliphatic carbocycles. The van der Waals surface area contributed by atoms with E-state index in [9.17, 15) is 0 Å². The van der Waals surface area contributed by atoms with Gasteiger partial charge in [-0.15, -0.1) is 0 Å². The molecular weight excluding hydrogens is 303 g/mol. The van der Waals surface area contributed by atoms with Gasteiger partial charge in [-0.3, -0.25) is 0 Å². The molecule has 1 fully saturated rings. The molecule has 0 radical (unpaired) electrons. The van der Waals surface area contributed by atoms with E-state index in [1.807, 2.05) is 0 Å². The number of hydrogen-bond donors (Lipinski definition) is 0. The number of hydrogen-bond acceptors (Lipinski definition) is 3. The standard InChI is InChI=1S/C18H39BO3Si/c1-14(13-20-23(10,11)16(3,4)5)12-15(2)19-21-17(6,7)18(8,9)22-19/h14-15H,12-13H2,1-11H3/t14-,15-/m1/s1. The topological polar surface area (TPSA) is 27.7 Å². The normalized spacial score (nSPS) is 23.9. The highest BCUT2D eigenvalue weighted by Gasteiger charge is 2.52. The molecule has 1 aliphatic rings. The highest BCUT2D eigenvalue weighted by atomic mass is 28.4. The predicted molar refractivity (Wildman–Crippen MR) is 102 cm³/mol. The molecule has 1 heterocycles. The first-order valence-corrected chi connectivity index (χ1v) is 12.0. The van der Waals surface area contributed by atoms with Gasteiger partial charge in [0.1, 0.15) is 0 Å². The van der Waals surface area contributed by atoms with E-state index in [1.54, 1.807) is 0 Å². The van der Waals surface area contributed by atoms with Gasteiger partial charge < -0.3 is 13.7 Å². The highest BCUT2D eigenvalue weighted by molar-refractivity contribution is 6.74. The second-order valence-electron chi connectivity index (χ2n) is 10.0. The van der Waals surface area contributed by atoms with Gasteiger partial charge in [-0.25, -0.2) is 0 Å². The van der Waals surface area contributed by atoms with Gasteiger partial charge >= 0.3 is 7.12 Å². The lowest BCUT2D eigenvalue weighted by atomic mass is 9.69. The summed E-state index contributed by atoms with van der Waals surface area (Å²) in [6.45, 7) is 25.3. The summed E-state index contributed by atoms with van der Waals surface area (Å²) in [5, 5.41) is 0.268. The third kappa shape index (κ3) is 5.07. The van der Waals surface area contributed by atoms with Crippen LogP contribution in [0.3, 0.4) is 0 Å². The first kappa shape index (κ1) is 21.2. The maximum atomic E-state index is 6.36. The van der Waals surface area contributed by atoms with Crippen LogP contribution in [0.15, 0.2) is 0 Å². The van der Waals surface area contributed by atoms with Crippen molar-refractivity contribution < 1.29 is 13.7 Å². The lowest BCUT2D eigenvalue weighted by Gasteiger charge is -2.37. The third-order valence-electron chi connectivity index (χ3n) is 6.05. The summed E-state index contributed by atoms with van der Waals surface area (Å²) in [4.78, 5) is 0. The smallest absolute Gasteiger partial charge is 0.417 e. The molecule has 2 atom stereocenters. The zero-order valence-electron chi connectivity index (χ0n) is 17.4. The molecule has 0 spiro atoms. The van der Waals surface area contributed by atoms with Crippen LogP contribution in [0, 0.1) is 5.92 Å². The van der Waals surface area contributed by atoms with Crippen molar-refractivity contribution in [3.63, 3.8) is 0 Å². The van der Waals surface area contributed by atoms with E-state index in [4.69, 9.17) is 13.7 Å². The van der Waals surface area contributed by atoms with Gasteiger partial charge in [-0.05, 0) is 64.0 Å². The minimum atomic E-state index is -1.66. The summed E-state index contributed by atoms with van der Waals surface area (Å²) in [7, 11) is -1.77. The fraction of sp³-hybridized carbons (Fsp3) is 1.00. The maximum Gasteiger partial charge on any atom is 0.460 e. The summed E-state index contributed by atoms with van der Waals surface area (Å²) in [5.74, 6) is 0.882. The predicted octanol–water partition coefficient (Wildman–Crippen LogP) is 5.52. The van der Waals surface area contributed by atoms with Gasteiger partial charge in [0, 0.05) is 6.61 Å². The van der Waals surface area contributed by atoms with E-state index < -0.39 is 8.32 Å². The van der Waals surface area contributed by atoms with Gasteiger partial charge in [-0.2, -0.15) is 0 Å². The molecule has 0 aromatic carbocycles. The average Bonchev–Trinajstić information content (AvgIpc) is 2.55. The Hall–Kier alpha value is 0.162. The first-order chi connectivity index (χ1) is 10.1. The van der Waals surface area contributed by atoms with Crippen LogP contribution in [0.4, 0.5) is 0 Å². The Bertz CT molecular complexity index is 386. The van der Waals surface area contributed by atoms with Gasteiger partial charge in [0.25, 0.3) is 0 Å². The average molecular weight is 342 g/mol. The van der Waals surface area contributed by atoms with Crippen molar-refractivity contribution in [2.24, 2.45) is 5.92 Å². The highest BCUT2D eigenvalue weighted by Crippen LogP contribution is 2.41. The van der Waals surface area contributed by atoms with Crippen LogP contribution < -0.4 is 0 Å². The Morgan fingerprint density at radius 3 is 1.83 bits per heavy atom. The second-order valence-corrected chi connectivity index (χ2v) is 14.8. The zero-order chi connectivity index (χ0) is 18.3. The maximum absolute atomic E-state index is 6.36. The zero-order valence-corrected chi connectivity index (χ0v) is 18.4. The van der Waals surface area contributed by atoms with Crippen molar-refractivity contribution in [1.82, 2.24) is 0 Å². The van der Waals surface area contributed by atoms with Crippen molar-refractivity contribution in [2.45, 2.75) is 104 Å². The molecule has 0 aromatic heterocycles. The lowest BCUT2D eigenvalue weighted by Crippen LogP contribution is -2.42. The van der Waals surface area contributed by atoms with Gasteiger partial charge in [0.15, 0.2) is 8.32 Å². The molecule has 1 saturated heterocycles. The summed E-state index contributed by atoms with van der Waals surface area (Å²) >= 11 is 0. The van der Waals surface area contributed by atoms with Gasteiger partial charge in [0.05, 0.1) is 11.2 Å². The number of rotatable bonds is 6. The summed E-state index contributed by atoms with van der Waals surface area (Å²) in [5.41, 5.74) is -0.486. The molecule has 0 aromatic rings. The fourth-order valence-corrected chi connectivity index (χ4v) is 3.64. The van der Waals surface area contributed by atoms with Crippen LogP contribution in [-0.2, 0) is 13.7 Å². The Morgan fingerprint density at radius 1 is 1.00 bits per heavy atom. The molecule has 0 unspecified atom stereocenters. The minimum Gasteiger partial charge on any atom is -0.417 e. The lowest BCUT2D eigenvalue weighted by molar-refractivity contribution is 0.00578. The molecule has 136 valence electrons. The summed E-state index contributed by atoms with van der Waals surface area (Å²) < 4.78 is 18.7. The van der Waals surface area contributed by atoms with E-state index in [0.29, 0.717) is 11.7 Å². The Kier molecular flexibility index (Phi) is 6.28. The van der Waals surface area contributed by atoms with E-state index in [2.05, 4.69) is 75.4 Å².